The molecule has 0 radical (unpaired) electrons. The molecule has 0 spiro atoms. The van der Waals surface area contributed by atoms with Crippen molar-refractivity contribution in [2.75, 3.05) is 11.1 Å². The molecular weight excluding hydrogens is 291 g/mol. The highest BCUT2D eigenvalue weighted by molar-refractivity contribution is 5.90. The van der Waals surface area contributed by atoms with Crippen LogP contribution in [-0.4, -0.2) is 27.0 Å². The molecule has 3 N–H and O–H groups in total. The molecule has 1 heterocycles. The molecule has 112 valence electrons. The number of aromatic nitrogens is 3. The number of amides is 1. The minimum Gasteiger partial charge on any atom is -0.406 e. The first kappa shape index (κ1) is 14.6. The van der Waals surface area contributed by atoms with Gasteiger partial charge in [0.05, 0.1) is 0 Å². The van der Waals surface area contributed by atoms with Gasteiger partial charge in [-0.15, -0.1) is 18.3 Å². The second kappa shape index (κ2) is 5.69. The number of anilines is 2. The van der Waals surface area contributed by atoms with Crippen LogP contribution in [0.2, 0.25) is 0 Å². The number of rotatable bonds is 4. The Morgan fingerprint density at radius 3 is 2.81 bits per heavy atom. The van der Waals surface area contributed by atoms with E-state index < -0.39 is 18.0 Å². The Morgan fingerprint density at radius 2 is 2.19 bits per heavy atom. The van der Waals surface area contributed by atoms with Crippen LogP contribution in [0.25, 0.3) is 0 Å². The van der Waals surface area contributed by atoms with Gasteiger partial charge in [-0.25, -0.2) is 9.67 Å². The molecule has 0 saturated carbocycles. The zero-order chi connectivity index (χ0) is 15.5. The zero-order valence-electron chi connectivity index (χ0n) is 10.5. The monoisotopic (exact) mass is 301 g/mol. The highest BCUT2D eigenvalue weighted by Crippen LogP contribution is 2.24. The third-order valence-electron chi connectivity index (χ3n) is 2.21. The van der Waals surface area contributed by atoms with Crippen LogP contribution in [0, 0.1) is 0 Å². The maximum atomic E-state index is 12.1. The van der Waals surface area contributed by atoms with E-state index in [1.807, 2.05) is 0 Å². The lowest BCUT2D eigenvalue weighted by Gasteiger charge is -2.10. The Bertz CT molecular complexity index is 641. The molecule has 0 saturated heterocycles. The molecule has 0 aliphatic rings. The van der Waals surface area contributed by atoms with Gasteiger partial charge in [-0.3, -0.25) is 4.79 Å². The van der Waals surface area contributed by atoms with Crippen LogP contribution in [0.15, 0.2) is 30.6 Å². The summed E-state index contributed by atoms with van der Waals surface area (Å²) in [6.07, 6.45) is -3.53. The van der Waals surface area contributed by atoms with Crippen molar-refractivity contribution in [2.45, 2.75) is 12.9 Å². The molecule has 0 aliphatic carbocycles. The molecule has 0 aliphatic heterocycles. The molecule has 1 amide bonds. The number of hydrogen-bond acceptors (Lipinski definition) is 5. The van der Waals surface area contributed by atoms with Crippen molar-refractivity contribution < 1.29 is 22.7 Å². The lowest BCUT2D eigenvalue weighted by Crippen LogP contribution is -2.20. The lowest BCUT2D eigenvalue weighted by molar-refractivity contribution is -0.274. The summed E-state index contributed by atoms with van der Waals surface area (Å²) in [4.78, 5) is 15.3. The van der Waals surface area contributed by atoms with Crippen LogP contribution in [0.3, 0.4) is 0 Å². The van der Waals surface area contributed by atoms with E-state index in [2.05, 4.69) is 20.1 Å². The molecule has 0 fully saturated rings. The van der Waals surface area contributed by atoms with Gasteiger partial charge in [0, 0.05) is 11.8 Å². The fourth-order valence-electron chi connectivity index (χ4n) is 1.50. The maximum absolute atomic E-state index is 12.1. The van der Waals surface area contributed by atoms with Gasteiger partial charge in [-0.1, -0.05) is 6.07 Å². The molecule has 2 aromatic rings. The van der Waals surface area contributed by atoms with Crippen LogP contribution in [0.4, 0.5) is 24.8 Å². The Balaban J connectivity index is 1.99. The van der Waals surface area contributed by atoms with Crippen molar-refractivity contribution >= 4 is 17.5 Å². The van der Waals surface area contributed by atoms with Gasteiger partial charge in [-0.2, -0.15) is 0 Å². The van der Waals surface area contributed by atoms with E-state index in [1.165, 1.54) is 23.1 Å². The smallest absolute Gasteiger partial charge is 0.406 e. The number of benzene rings is 1. The molecule has 21 heavy (non-hydrogen) atoms. The summed E-state index contributed by atoms with van der Waals surface area (Å²) in [6.45, 7) is -0.172. The van der Waals surface area contributed by atoms with E-state index >= 15 is 0 Å². The second-order valence-corrected chi connectivity index (χ2v) is 3.92. The van der Waals surface area contributed by atoms with Gasteiger partial charge in [0.25, 0.3) is 0 Å². The molecule has 10 heteroatoms. The Morgan fingerprint density at radius 1 is 1.43 bits per heavy atom. The standard InChI is InChI=1S/C11H10F3N5O2/c12-11(13,14)21-8-3-1-2-7(4-8)17-9(20)5-19-6-16-10(15)18-19/h1-4,6H,5H2,(H2,15,18)(H,17,20). The van der Waals surface area contributed by atoms with Crippen LogP contribution >= 0.6 is 0 Å². The summed E-state index contributed by atoms with van der Waals surface area (Å²) in [5.41, 5.74) is 5.45. The summed E-state index contributed by atoms with van der Waals surface area (Å²) >= 11 is 0. The van der Waals surface area contributed by atoms with Crippen LogP contribution < -0.4 is 15.8 Å². The SMILES string of the molecule is Nc1ncn(CC(=O)Nc2cccc(OC(F)(F)F)c2)n1. The highest BCUT2D eigenvalue weighted by Gasteiger charge is 2.31. The number of carbonyl (C=O) groups excluding carboxylic acids is 1. The number of hydrogen-bond donors (Lipinski definition) is 2. The van der Waals surface area contributed by atoms with Crippen molar-refractivity contribution in [3.63, 3.8) is 0 Å². The number of nitrogen functional groups attached to an aromatic ring is 1. The van der Waals surface area contributed by atoms with Gasteiger partial charge < -0.3 is 15.8 Å². The largest absolute Gasteiger partial charge is 0.573 e. The topological polar surface area (TPSA) is 95.1 Å². The third kappa shape index (κ3) is 4.67. The summed E-state index contributed by atoms with van der Waals surface area (Å²) in [7, 11) is 0. The zero-order valence-corrected chi connectivity index (χ0v) is 10.5. The molecule has 0 atom stereocenters. The van der Waals surface area contributed by atoms with E-state index in [-0.39, 0.29) is 18.2 Å². The molecule has 0 unspecified atom stereocenters. The fourth-order valence-corrected chi connectivity index (χ4v) is 1.50. The van der Waals surface area contributed by atoms with Crippen LogP contribution in [0.5, 0.6) is 5.75 Å². The number of nitrogens with zero attached hydrogens (tertiary/aromatic N) is 3. The van der Waals surface area contributed by atoms with Crippen molar-refractivity contribution in [1.29, 1.82) is 0 Å². The van der Waals surface area contributed by atoms with Crippen molar-refractivity contribution in [3.05, 3.63) is 30.6 Å². The number of ether oxygens (including phenoxy) is 1. The third-order valence-corrected chi connectivity index (χ3v) is 2.21. The number of alkyl halides is 3. The predicted octanol–water partition coefficient (Wildman–Crippen LogP) is 1.40. The average Bonchev–Trinajstić information content (AvgIpc) is 2.72. The molecule has 1 aromatic carbocycles. The fraction of sp³-hybridized carbons (Fsp3) is 0.182. The summed E-state index contributed by atoms with van der Waals surface area (Å²) < 4.78 is 41.2. The van der Waals surface area contributed by atoms with Gasteiger partial charge in [-0.05, 0) is 12.1 Å². The second-order valence-electron chi connectivity index (χ2n) is 3.92. The van der Waals surface area contributed by atoms with Crippen molar-refractivity contribution in [3.8, 4) is 5.75 Å². The van der Waals surface area contributed by atoms with E-state index in [0.29, 0.717) is 0 Å². The van der Waals surface area contributed by atoms with Crippen molar-refractivity contribution in [2.24, 2.45) is 0 Å². The Hall–Kier alpha value is -2.78. The Labute approximate surface area is 116 Å². The van der Waals surface area contributed by atoms with Crippen LogP contribution in [0.1, 0.15) is 0 Å². The van der Waals surface area contributed by atoms with Gasteiger partial charge in [0.1, 0.15) is 18.6 Å². The first-order chi connectivity index (χ1) is 9.82. The van der Waals surface area contributed by atoms with E-state index in [9.17, 15) is 18.0 Å². The molecule has 2 rings (SSSR count). The van der Waals surface area contributed by atoms with E-state index in [4.69, 9.17) is 5.73 Å². The maximum Gasteiger partial charge on any atom is 0.573 e. The lowest BCUT2D eigenvalue weighted by atomic mass is 10.3. The van der Waals surface area contributed by atoms with Crippen LogP contribution in [-0.2, 0) is 11.3 Å². The van der Waals surface area contributed by atoms with Crippen molar-refractivity contribution in [1.82, 2.24) is 14.8 Å². The minimum absolute atomic E-state index is 0.0170. The molecular formula is C11H10F3N5O2. The first-order valence-electron chi connectivity index (χ1n) is 5.62. The number of nitrogens with two attached hydrogens (primary N) is 1. The van der Waals surface area contributed by atoms with Gasteiger partial charge in [0.2, 0.25) is 11.9 Å². The molecule has 7 nitrogen and oxygen atoms in total. The summed E-state index contributed by atoms with van der Waals surface area (Å²) in [5.74, 6) is -0.905. The number of carbonyl (C=O) groups is 1. The summed E-state index contributed by atoms with van der Waals surface area (Å²) in [6, 6.07) is 4.93. The summed E-state index contributed by atoms with van der Waals surface area (Å²) in [5, 5.41) is 6.12. The van der Waals surface area contributed by atoms with Gasteiger partial charge >= 0.3 is 6.36 Å². The highest BCUT2D eigenvalue weighted by atomic mass is 19.4. The quantitative estimate of drug-likeness (QED) is 0.890. The van der Waals surface area contributed by atoms with E-state index in [1.54, 1.807) is 0 Å². The van der Waals surface area contributed by atoms with Gasteiger partial charge in [0.15, 0.2) is 0 Å². The average molecular weight is 301 g/mol. The Kier molecular flexibility index (Phi) is 3.96. The normalized spacial score (nSPS) is 11.2. The molecule has 0 bridgehead atoms. The number of nitrogens with one attached hydrogen (secondary N) is 1. The molecule has 1 aromatic heterocycles. The first-order valence-corrected chi connectivity index (χ1v) is 5.62. The number of halogens is 3. The van der Waals surface area contributed by atoms with E-state index in [0.717, 1.165) is 12.1 Å². The minimum atomic E-state index is -4.79. The predicted molar refractivity (Wildman–Crippen MR) is 66.2 cm³/mol.